The van der Waals surface area contributed by atoms with E-state index in [1.807, 2.05) is 43.3 Å². The van der Waals surface area contributed by atoms with Gasteiger partial charge >= 0.3 is 6.03 Å². The van der Waals surface area contributed by atoms with E-state index in [0.29, 0.717) is 23.3 Å². The summed E-state index contributed by atoms with van der Waals surface area (Å²) in [6.45, 7) is 3.09. The van der Waals surface area contributed by atoms with Crippen molar-refractivity contribution >= 4 is 23.2 Å². The van der Waals surface area contributed by atoms with E-state index in [-0.39, 0.29) is 12.1 Å². The molecule has 1 aromatic heterocycles. The van der Waals surface area contributed by atoms with Gasteiger partial charge in [0.2, 0.25) is 5.82 Å². The average molecular weight is 481 g/mol. The number of benzene rings is 2. The number of urea groups is 1. The normalized spacial score (nSPS) is 20.6. The zero-order chi connectivity index (χ0) is 23.7. The van der Waals surface area contributed by atoms with Crippen LogP contribution in [0.1, 0.15) is 37.3 Å². The van der Waals surface area contributed by atoms with E-state index in [4.69, 9.17) is 25.6 Å². The largest absolute Gasteiger partial charge is 0.497 e. The van der Waals surface area contributed by atoms with Crippen LogP contribution in [0.15, 0.2) is 58.8 Å². The molecular weight excluding hydrogens is 456 g/mol. The number of hydrogen-bond acceptors (Lipinski definition) is 6. The summed E-state index contributed by atoms with van der Waals surface area (Å²) >= 11 is 6.10. The highest BCUT2D eigenvalue weighted by atomic mass is 35.5. The standard InChI is InChI=1S/C25H25ClN4O4/c1-15-21(24-28-23(29-34-24)17-7-11-19(32-2)12-8-17)22(16-5-9-18(26)10-6-16)27-25(31)30(15)14-20-4-3-13-33-20/h5-12,20,22H,3-4,13-14H2,1-2H3,(H,27,31). The summed E-state index contributed by atoms with van der Waals surface area (Å²) in [6.07, 6.45) is 1.93. The van der Waals surface area contributed by atoms with Gasteiger partial charge in [0.05, 0.1) is 31.4 Å². The molecule has 3 aromatic rings. The van der Waals surface area contributed by atoms with E-state index in [1.165, 1.54) is 0 Å². The summed E-state index contributed by atoms with van der Waals surface area (Å²) in [7, 11) is 1.62. The Morgan fingerprint density at radius 3 is 2.62 bits per heavy atom. The summed E-state index contributed by atoms with van der Waals surface area (Å²) in [6, 6.07) is 14.1. The molecule has 0 bridgehead atoms. The lowest BCUT2D eigenvalue weighted by molar-refractivity contribution is 0.0877. The molecule has 2 amide bonds. The molecule has 2 aliphatic heterocycles. The van der Waals surface area contributed by atoms with Crippen LogP contribution in [0, 0.1) is 0 Å². The van der Waals surface area contributed by atoms with Crippen LogP contribution in [0.2, 0.25) is 5.02 Å². The van der Waals surface area contributed by atoms with Gasteiger partial charge in [-0.2, -0.15) is 4.98 Å². The summed E-state index contributed by atoms with van der Waals surface area (Å²) in [4.78, 5) is 19.5. The van der Waals surface area contributed by atoms with Crippen molar-refractivity contribution in [3.63, 3.8) is 0 Å². The van der Waals surface area contributed by atoms with Crippen LogP contribution in [-0.2, 0) is 4.74 Å². The van der Waals surface area contributed by atoms with Gasteiger partial charge in [-0.3, -0.25) is 4.90 Å². The molecule has 1 N–H and O–H groups in total. The van der Waals surface area contributed by atoms with Gasteiger partial charge in [-0.25, -0.2) is 4.79 Å². The first-order valence-electron chi connectivity index (χ1n) is 11.2. The molecule has 3 heterocycles. The zero-order valence-electron chi connectivity index (χ0n) is 19.0. The molecule has 2 unspecified atom stereocenters. The van der Waals surface area contributed by atoms with Crippen molar-refractivity contribution in [1.82, 2.24) is 20.4 Å². The number of amides is 2. The van der Waals surface area contributed by atoms with Gasteiger partial charge in [-0.15, -0.1) is 0 Å². The minimum Gasteiger partial charge on any atom is -0.497 e. The third-order valence-corrected chi connectivity index (χ3v) is 6.47. The molecule has 0 radical (unpaired) electrons. The lowest BCUT2D eigenvalue weighted by Gasteiger charge is -2.36. The SMILES string of the molecule is COc1ccc(-c2noc(C3=C(C)N(CC4CCCO4)C(=O)NC3c3ccc(Cl)cc3)n2)cc1. The smallest absolute Gasteiger partial charge is 0.322 e. The Balaban J connectivity index is 1.55. The van der Waals surface area contributed by atoms with E-state index in [1.54, 1.807) is 24.1 Å². The molecule has 2 atom stereocenters. The van der Waals surface area contributed by atoms with E-state index in [9.17, 15) is 4.79 Å². The molecule has 2 aromatic carbocycles. The number of ether oxygens (including phenoxy) is 2. The first-order valence-corrected chi connectivity index (χ1v) is 11.6. The Hall–Kier alpha value is -3.36. The number of hydrogen-bond donors (Lipinski definition) is 1. The van der Waals surface area contributed by atoms with Crippen molar-refractivity contribution in [2.45, 2.75) is 31.9 Å². The molecule has 0 saturated carbocycles. The molecule has 1 fully saturated rings. The third kappa shape index (κ3) is 4.38. The Kier molecular flexibility index (Phi) is 6.26. The van der Waals surface area contributed by atoms with Crippen molar-refractivity contribution in [3.05, 3.63) is 70.7 Å². The van der Waals surface area contributed by atoms with Crippen molar-refractivity contribution < 1.29 is 18.8 Å². The summed E-state index contributed by atoms with van der Waals surface area (Å²) in [5.74, 6) is 1.55. The van der Waals surface area contributed by atoms with Gasteiger partial charge in [-0.05, 0) is 61.7 Å². The van der Waals surface area contributed by atoms with Crippen molar-refractivity contribution in [1.29, 1.82) is 0 Å². The monoisotopic (exact) mass is 480 g/mol. The molecule has 5 rings (SSSR count). The van der Waals surface area contributed by atoms with E-state index >= 15 is 0 Å². The van der Waals surface area contributed by atoms with Crippen molar-refractivity contribution in [2.75, 3.05) is 20.3 Å². The zero-order valence-corrected chi connectivity index (χ0v) is 19.7. The van der Waals surface area contributed by atoms with E-state index in [0.717, 1.165) is 47.6 Å². The van der Waals surface area contributed by atoms with Gasteiger partial charge < -0.3 is 19.3 Å². The fourth-order valence-corrected chi connectivity index (χ4v) is 4.49. The van der Waals surface area contributed by atoms with Crippen LogP contribution in [0.4, 0.5) is 4.79 Å². The maximum atomic E-state index is 13.1. The van der Waals surface area contributed by atoms with Crippen LogP contribution < -0.4 is 10.1 Å². The second-order valence-electron chi connectivity index (χ2n) is 8.33. The minimum absolute atomic E-state index is 0.00609. The average Bonchev–Trinajstić information content (AvgIpc) is 3.54. The summed E-state index contributed by atoms with van der Waals surface area (Å²) in [5, 5.41) is 7.93. The highest BCUT2D eigenvalue weighted by Crippen LogP contribution is 2.38. The fraction of sp³-hybridized carbons (Fsp3) is 0.320. The second-order valence-corrected chi connectivity index (χ2v) is 8.77. The summed E-state index contributed by atoms with van der Waals surface area (Å²) in [5.41, 5.74) is 3.16. The lowest BCUT2D eigenvalue weighted by Crippen LogP contribution is -2.48. The third-order valence-electron chi connectivity index (χ3n) is 6.21. The molecule has 0 aliphatic carbocycles. The van der Waals surface area contributed by atoms with Gasteiger partial charge in [0.15, 0.2) is 0 Å². The Morgan fingerprint density at radius 1 is 1.18 bits per heavy atom. The highest BCUT2D eigenvalue weighted by Gasteiger charge is 2.37. The molecule has 0 spiro atoms. The summed E-state index contributed by atoms with van der Waals surface area (Å²) < 4.78 is 16.7. The minimum atomic E-state index is -0.463. The number of nitrogens with zero attached hydrogens (tertiary/aromatic N) is 3. The number of aromatic nitrogens is 2. The molecule has 9 heteroatoms. The van der Waals surface area contributed by atoms with E-state index < -0.39 is 6.04 Å². The van der Waals surface area contributed by atoms with Gasteiger partial charge in [0, 0.05) is 22.9 Å². The number of rotatable bonds is 6. The molecular formula is C25H25ClN4O4. The van der Waals surface area contributed by atoms with Crippen LogP contribution in [0.25, 0.3) is 17.0 Å². The maximum Gasteiger partial charge on any atom is 0.322 e. The maximum absolute atomic E-state index is 13.1. The van der Waals surface area contributed by atoms with Crippen molar-refractivity contribution in [3.8, 4) is 17.1 Å². The molecule has 34 heavy (non-hydrogen) atoms. The van der Waals surface area contributed by atoms with Crippen LogP contribution in [0.5, 0.6) is 5.75 Å². The lowest BCUT2D eigenvalue weighted by atomic mass is 9.94. The topological polar surface area (TPSA) is 89.7 Å². The number of carbonyl (C=O) groups excluding carboxylic acids is 1. The molecule has 1 saturated heterocycles. The van der Waals surface area contributed by atoms with Gasteiger partial charge in [0.25, 0.3) is 5.89 Å². The fourth-order valence-electron chi connectivity index (χ4n) is 4.37. The first kappa shape index (κ1) is 22.4. The van der Waals surface area contributed by atoms with Gasteiger partial charge in [0.1, 0.15) is 5.75 Å². The Morgan fingerprint density at radius 2 is 1.94 bits per heavy atom. The van der Waals surface area contributed by atoms with Gasteiger partial charge in [-0.1, -0.05) is 28.9 Å². The second kappa shape index (κ2) is 9.48. The van der Waals surface area contributed by atoms with Crippen LogP contribution >= 0.6 is 11.6 Å². The molecule has 176 valence electrons. The number of methoxy groups -OCH3 is 1. The predicted molar refractivity (Wildman–Crippen MR) is 127 cm³/mol. The highest BCUT2D eigenvalue weighted by molar-refractivity contribution is 6.30. The predicted octanol–water partition coefficient (Wildman–Crippen LogP) is 5.08. The molecule has 2 aliphatic rings. The van der Waals surface area contributed by atoms with E-state index in [2.05, 4.69) is 15.5 Å². The number of nitrogens with one attached hydrogen (secondary N) is 1. The van der Waals surface area contributed by atoms with Crippen LogP contribution in [-0.4, -0.2) is 47.4 Å². The number of allylic oxidation sites excluding steroid dienone is 1. The number of carbonyl (C=O) groups is 1. The molecule has 8 nitrogen and oxygen atoms in total. The Labute approximate surface area is 202 Å². The van der Waals surface area contributed by atoms with Crippen LogP contribution in [0.3, 0.4) is 0 Å². The quantitative estimate of drug-likeness (QED) is 0.529. The first-order chi connectivity index (χ1) is 16.5. The van der Waals surface area contributed by atoms with Crippen molar-refractivity contribution in [2.24, 2.45) is 0 Å². The Bertz CT molecular complexity index is 1200. The number of halogens is 1.